The standard InChI is InChI=1S/C19H24N2O4S/c1-3-25-18(22)16-9-14-8-12(17-7-6-15(10-20)26-17)4-5-13(14)11-21(16)19(23)24-2/h6-7,12-14,16H,3-5,8-9,11H2,1-2H3. The van der Waals surface area contributed by atoms with Crippen molar-refractivity contribution >= 4 is 23.4 Å². The monoisotopic (exact) mass is 376 g/mol. The van der Waals surface area contributed by atoms with E-state index < -0.39 is 12.1 Å². The third-order valence-electron chi connectivity index (χ3n) is 5.58. The number of nitriles is 1. The van der Waals surface area contributed by atoms with Gasteiger partial charge >= 0.3 is 12.1 Å². The summed E-state index contributed by atoms with van der Waals surface area (Å²) in [6.07, 6.45) is 3.21. The Bertz CT molecular complexity index is 711. The SMILES string of the molecule is CCOC(=O)C1CC2CC(c3ccc(C#N)s3)CCC2CN1C(=O)OC. The molecule has 0 bridgehead atoms. The normalized spacial score (nSPS) is 28.0. The van der Waals surface area contributed by atoms with E-state index in [1.807, 2.05) is 6.07 Å². The number of esters is 1. The van der Waals surface area contributed by atoms with E-state index in [1.54, 1.807) is 23.2 Å². The summed E-state index contributed by atoms with van der Waals surface area (Å²) in [4.78, 5) is 28.1. The fourth-order valence-electron chi connectivity index (χ4n) is 4.32. The Morgan fingerprint density at radius 3 is 2.77 bits per heavy atom. The molecule has 1 aromatic rings. The van der Waals surface area contributed by atoms with Gasteiger partial charge in [-0.05, 0) is 62.5 Å². The number of ether oxygens (including phenoxy) is 2. The van der Waals surface area contributed by atoms with Crippen LogP contribution in [0.3, 0.4) is 0 Å². The smallest absolute Gasteiger partial charge is 0.410 e. The fourth-order valence-corrected chi connectivity index (χ4v) is 5.27. The van der Waals surface area contributed by atoms with Crippen LogP contribution in [-0.4, -0.2) is 43.3 Å². The maximum atomic E-state index is 12.4. The van der Waals surface area contributed by atoms with Crippen LogP contribution in [0.1, 0.15) is 48.3 Å². The Kier molecular flexibility index (Phi) is 5.82. The van der Waals surface area contributed by atoms with Crippen molar-refractivity contribution in [2.45, 2.75) is 44.6 Å². The highest BCUT2D eigenvalue weighted by Gasteiger charge is 2.45. The molecule has 3 rings (SSSR count). The Morgan fingerprint density at radius 2 is 2.12 bits per heavy atom. The number of hydrogen-bond acceptors (Lipinski definition) is 6. The molecule has 2 heterocycles. The molecule has 4 atom stereocenters. The molecule has 1 saturated heterocycles. The molecule has 1 aliphatic heterocycles. The molecule has 1 saturated carbocycles. The lowest BCUT2D eigenvalue weighted by Crippen LogP contribution is -2.54. The Morgan fingerprint density at radius 1 is 1.31 bits per heavy atom. The molecule has 4 unspecified atom stereocenters. The molecule has 0 spiro atoms. The first-order chi connectivity index (χ1) is 12.6. The summed E-state index contributed by atoms with van der Waals surface area (Å²) in [5.41, 5.74) is 0. The van der Waals surface area contributed by atoms with Crippen LogP contribution >= 0.6 is 11.3 Å². The van der Waals surface area contributed by atoms with Crippen molar-refractivity contribution in [2.75, 3.05) is 20.3 Å². The second kappa shape index (κ2) is 8.09. The number of thiophene rings is 1. The molecule has 2 aliphatic rings. The van der Waals surface area contributed by atoms with Crippen LogP contribution < -0.4 is 0 Å². The van der Waals surface area contributed by atoms with Gasteiger partial charge in [-0.2, -0.15) is 5.26 Å². The maximum absolute atomic E-state index is 12.4. The lowest BCUT2D eigenvalue weighted by atomic mass is 9.69. The highest BCUT2D eigenvalue weighted by molar-refractivity contribution is 7.12. The van der Waals surface area contributed by atoms with E-state index in [9.17, 15) is 9.59 Å². The Balaban J connectivity index is 1.74. The first-order valence-corrected chi connectivity index (χ1v) is 9.90. The summed E-state index contributed by atoms with van der Waals surface area (Å²) in [5.74, 6) is 0.834. The van der Waals surface area contributed by atoms with Crippen LogP contribution in [-0.2, 0) is 14.3 Å². The minimum atomic E-state index is -0.569. The third-order valence-corrected chi connectivity index (χ3v) is 6.73. The van der Waals surface area contributed by atoms with Gasteiger partial charge in [-0.3, -0.25) is 4.90 Å². The number of fused-ring (bicyclic) bond motifs is 1. The average molecular weight is 376 g/mol. The summed E-state index contributed by atoms with van der Waals surface area (Å²) in [5, 5.41) is 9.05. The van der Waals surface area contributed by atoms with Crippen molar-refractivity contribution in [3.8, 4) is 6.07 Å². The van der Waals surface area contributed by atoms with Gasteiger partial charge in [0.15, 0.2) is 0 Å². The summed E-state index contributed by atoms with van der Waals surface area (Å²) >= 11 is 1.57. The number of rotatable bonds is 3. The number of methoxy groups -OCH3 is 1. The van der Waals surface area contributed by atoms with Gasteiger partial charge in [0, 0.05) is 11.4 Å². The molecule has 1 aromatic heterocycles. The van der Waals surface area contributed by atoms with Crippen LogP contribution in [0.5, 0.6) is 0 Å². The van der Waals surface area contributed by atoms with Gasteiger partial charge in [0.2, 0.25) is 0 Å². The first kappa shape index (κ1) is 18.7. The van der Waals surface area contributed by atoms with Gasteiger partial charge in [0.05, 0.1) is 13.7 Å². The van der Waals surface area contributed by atoms with Crippen LogP contribution in [0.4, 0.5) is 4.79 Å². The van der Waals surface area contributed by atoms with Gasteiger partial charge in [0.1, 0.15) is 17.0 Å². The number of piperidine rings is 1. The highest BCUT2D eigenvalue weighted by Crippen LogP contribution is 2.46. The number of carbonyl (C=O) groups excluding carboxylic acids is 2. The summed E-state index contributed by atoms with van der Waals surface area (Å²) in [7, 11) is 1.34. The lowest BCUT2D eigenvalue weighted by molar-refractivity contribution is -0.152. The molecule has 0 aromatic carbocycles. The summed E-state index contributed by atoms with van der Waals surface area (Å²) < 4.78 is 10.1. The maximum Gasteiger partial charge on any atom is 0.410 e. The Hall–Kier alpha value is -2.07. The third kappa shape index (κ3) is 3.70. The molecule has 140 valence electrons. The zero-order valence-corrected chi connectivity index (χ0v) is 16.0. The van der Waals surface area contributed by atoms with E-state index in [4.69, 9.17) is 14.7 Å². The van der Waals surface area contributed by atoms with Crippen molar-refractivity contribution in [1.29, 1.82) is 5.26 Å². The van der Waals surface area contributed by atoms with E-state index in [0.29, 0.717) is 37.3 Å². The van der Waals surface area contributed by atoms with Crippen LogP contribution in [0.25, 0.3) is 0 Å². The molecule has 1 amide bonds. The minimum Gasteiger partial charge on any atom is -0.464 e. The van der Waals surface area contributed by atoms with Crippen LogP contribution in [0.2, 0.25) is 0 Å². The predicted octanol–water partition coefficient (Wildman–Crippen LogP) is 3.52. The lowest BCUT2D eigenvalue weighted by Gasteiger charge is -2.46. The van der Waals surface area contributed by atoms with Gasteiger partial charge in [-0.25, -0.2) is 9.59 Å². The largest absolute Gasteiger partial charge is 0.464 e. The number of carbonyl (C=O) groups is 2. The van der Waals surface area contributed by atoms with E-state index >= 15 is 0 Å². The highest BCUT2D eigenvalue weighted by atomic mass is 32.1. The fraction of sp³-hybridized carbons (Fsp3) is 0.632. The predicted molar refractivity (Wildman–Crippen MR) is 96.8 cm³/mol. The molecule has 26 heavy (non-hydrogen) atoms. The molecule has 0 radical (unpaired) electrons. The van der Waals surface area contributed by atoms with Crippen molar-refractivity contribution in [1.82, 2.24) is 4.90 Å². The van der Waals surface area contributed by atoms with Crippen LogP contribution in [0.15, 0.2) is 12.1 Å². The number of hydrogen-bond donors (Lipinski definition) is 0. The topological polar surface area (TPSA) is 79.6 Å². The molecule has 7 heteroatoms. The Labute approximate surface area is 157 Å². The zero-order valence-electron chi connectivity index (χ0n) is 15.1. The molecule has 1 aliphatic carbocycles. The number of nitrogens with zero attached hydrogens (tertiary/aromatic N) is 2. The van der Waals surface area contributed by atoms with E-state index in [1.165, 1.54) is 12.0 Å². The second-order valence-corrected chi connectivity index (χ2v) is 8.09. The second-order valence-electron chi connectivity index (χ2n) is 6.97. The summed E-state index contributed by atoms with van der Waals surface area (Å²) in [6, 6.07) is 5.57. The van der Waals surface area contributed by atoms with Gasteiger partial charge in [-0.1, -0.05) is 0 Å². The van der Waals surface area contributed by atoms with E-state index in [2.05, 4.69) is 12.1 Å². The minimum absolute atomic E-state index is 0.299. The van der Waals surface area contributed by atoms with E-state index in [-0.39, 0.29) is 5.97 Å². The van der Waals surface area contributed by atoms with Crippen molar-refractivity contribution in [3.05, 3.63) is 21.9 Å². The van der Waals surface area contributed by atoms with Crippen molar-refractivity contribution < 1.29 is 19.1 Å². The number of likely N-dealkylation sites (tertiary alicyclic amines) is 1. The average Bonchev–Trinajstić information content (AvgIpc) is 3.15. The molecule has 2 fully saturated rings. The molecular weight excluding hydrogens is 352 g/mol. The summed E-state index contributed by atoms with van der Waals surface area (Å²) in [6.45, 7) is 2.61. The number of amides is 1. The van der Waals surface area contributed by atoms with Crippen molar-refractivity contribution in [3.63, 3.8) is 0 Å². The molecule has 6 nitrogen and oxygen atoms in total. The molecule has 0 N–H and O–H groups in total. The van der Waals surface area contributed by atoms with Gasteiger partial charge < -0.3 is 9.47 Å². The van der Waals surface area contributed by atoms with Gasteiger partial charge in [0.25, 0.3) is 0 Å². The van der Waals surface area contributed by atoms with Gasteiger partial charge in [-0.15, -0.1) is 11.3 Å². The molecular formula is C19H24N2O4S. The first-order valence-electron chi connectivity index (χ1n) is 9.08. The quantitative estimate of drug-likeness (QED) is 0.754. The van der Waals surface area contributed by atoms with Crippen LogP contribution in [0, 0.1) is 23.2 Å². The van der Waals surface area contributed by atoms with Crippen molar-refractivity contribution in [2.24, 2.45) is 11.8 Å². The zero-order chi connectivity index (χ0) is 18.7. The van der Waals surface area contributed by atoms with E-state index in [0.717, 1.165) is 24.1 Å².